The molecule has 7 rings (SSSR count). The Bertz CT molecular complexity index is 2430. The van der Waals surface area contributed by atoms with E-state index in [0.717, 1.165) is 38.3 Å². The highest BCUT2D eigenvalue weighted by atomic mass is 35.5. The number of nitrogens with zero attached hydrogens (tertiary/aromatic N) is 2. The number of unbranched alkanes of at least 4 members (excludes halogenated alkanes) is 3. The van der Waals surface area contributed by atoms with Gasteiger partial charge in [0, 0.05) is 73.4 Å². The van der Waals surface area contributed by atoms with Crippen LogP contribution in [0.2, 0.25) is 5.02 Å². The molecule has 0 saturated carbocycles. The Labute approximate surface area is 369 Å². The van der Waals surface area contributed by atoms with Gasteiger partial charge in [-0.05, 0) is 93.3 Å². The zero-order valence-electron chi connectivity index (χ0n) is 35.4. The van der Waals surface area contributed by atoms with E-state index in [4.69, 9.17) is 20.8 Å². The fraction of sp³-hybridized carbons (Fsp3) is 0.294. The third-order valence-corrected chi connectivity index (χ3v) is 16.4. The van der Waals surface area contributed by atoms with Gasteiger partial charge in [0.2, 0.25) is 11.8 Å². The van der Waals surface area contributed by atoms with Gasteiger partial charge in [0.25, 0.3) is 5.91 Å². The van der Waals surface area contributed by atoms with Gasteiger partial charge in [0.1, 0.15) is 34.5 Å². The molecule has 0 unspecified atom stereocenters. The summed E-state index contributed by atoms with van der Waals surface area (Å²) in [6.45, 7) is 5.52. The number of piperazine rings is 1. The van der Waals surface area contributed by atoms with E-state index in [1.807, 2.05) is 11.8 Å². The highest BCUT2D eigenvalue weighted by Crippen LogP contribution is 2.56. The summed E-state index contributed by atoms with van der Waals surface area (Å²) in [4.78, 5) is 55.5. The van der Waals surface area contributed by atoms with Gasteiger partial charge in [-0.3, -0.25) is 14.4 Å². The lowest BCUT2D eigenvalue weighted by Crippen LogP contribution is -2.53. The number of amides is 3. The Morgan fingerprint density at radius 2 is 1.32 bits per heavy atom. The number of hydrogen-bond donors (Lipinski definition) is 1. The Hall–Kier alpha value is -5.76. The molecule has 5 aromatic carbocycles. The lowest BCUT2D eigenvalue weighted by molar-refractivity contribution is -0.143. The minimum absolute atomic E-state index is 0.0812. The van der Waals surface area contributed by atoms with Crippen LogP contribution in [0.1, 0.15) is 58.8 Å². The van der Waals surface area contributed by atoms with Crippen molar-refractivity contribution < 1.29 is 23.5 Å². The summed E-state index contributed by atoms with van der Waals surface area (Å²) in [5.74, 6) is 0.241. The average molecular weight is 871 g/mol. The van der Waals surface area contributed by atoms with Gasteiger partial charge >= 0.3 is 5.63 Å². The van der Waals surface area contributed by atoms with Crippen LogP contribution in [0.3, 0.4) is 0 Å². The summed E-state index contributed by atoms with van der Waals surface area (Å²) in [5, 5.41) is 7.99. The van der Waals surface area contributed by atoms with E-state index in [1.54, 1.807) is 48.2 Å². The molecule has 320 valence electrons. The number of ether oxygens (including phenoxy) is 1. The molecule has 1 atom stereocenters. The molecule has 2 heterocycles. The maximum atomic E-state index is 13.5. The number of nitrogens with one attached hydrogen (secondary N) is 1. The number of halogens is 1. The number of rotatable bonds is 17. The smallest absolute Gasteiger partial charge is 0.336 e. The fourth-order valence-corrected chi connectivity index (χ4v) is 13.0. The van der Waals surface area contributed by atoms with Crippen molar-refractivity contribution >= 4 is 69.2 Å². The average Bonchev–Trinajstić information content (AvgIpc) is 3.30. The molecule has 62 heavy (non-hydrogen) atoms. The summed E-state index contributed by atoms with van der Waals surface area (Å²) in [5.41, 5.74) is 1.48. The number of hydrogen-bond acceptors (Lipinski definition) is 6. The van der Waals surface area contributed by atoms with E-state index < -0.39 is 19.0 Å². The molecule has 6 aromatic rings. The molecule has 0 spiro atoms. The van der Waals surface area contributed by atoms with Crippen LogP contribution in [-0.4, -0.2) is 66.0 Å². The maximum absolute atomic E-state index is 13.5. The molecule has 1 aliphatic rings. The Morgan fingerprint density at radius 1 is 0.710 bits per heavy atom. The summed E-state index contributed by atoms with van der Waals surface area (Å²) in [6.07, 6.45) is 5.62. The van der Waals surface area contributed by atoms with Crippen LogP contribution in [0.15, 0.2) is 143 Å². The molecular formula is C51H54ClN3O6P+. The van der Waals surface area contributed by atoms with Crippen LogP contribution in [0.25, 0.3) is 22.1 Å². The van der Waals surface area contributed by atoms with Gasteiger partial charge in [-0.25, -0.2) is 4.79 Å². The maximum Gasteiger partial charge on any atom is 0.336 e. The topological polar surface area (TPSA) is 109 Å². The van der Waals surface area contributed by atoms with E-state index >= 15 is 0 Å². The highest BCUT2D eigenvalue weighted by molar-refractivity contribution is 7.95. The molecule has 0 bridgehead atoms. The van der Waals surface area contributed by atoms with Crippen LogP contribution in [-0.2, 0) is 14.4 Å². The molecule has 3 amide bonds. The first-order valence-corrected chi connectivity index (χ1v) is 24.0. The van der Waals surface area contributed by atoms with Crippen molar-refractivity contribution in [3.8, 4) is 16.9 Å². The summed E-state index contributed by atoms with van der Waals surface area (Å²) < 4.78 is 11.6. The quantitative estimate of drug-likeness (QED) is 0.0557. The van der Waals surface area contributed by atoms with Crippen molar-refractivity contribution in [1.29, 1.82) is 0 Å². The van der Waals surface area contributed by atoms with Gasteiger partial charge in [-0.1, -0.05) is 85.6 Å². The zero-order chi connectivity index (χ0) is 43.5. The van der Waals surface area contributed by atoms with Crippen LogP contribution in [0, 0.1) is 0 Å². The van der Waals surface area contributed by atoms with E-state index in [9.17, 15) is 19.2 Å². The number of anilines is 1. The Kier molecular flexibility index (Phi) is 14.9. The predicted octanol–water partition coefficient (Wildman–Crippen LogP) is 9.23. The third-order valence-electron chi connectivity index (χ3n) is 11.6. The number of fused-ring (bicyclic) bond motifs is 1. The van der Waals surface area contributed by atoms with E-state index in [2.05, 4.69) is 96.3 Å². The standard InChI is InChI=1S/C51H53ClN3O6P/c1-3-4-23-48(56)53-38-25-27-43(46(52)34-38)45-36-50(58)61-47-35-39(26-28-44(45)47)60-37(2)51(59)55-31-29-54(30-32-55)49(57)24-15-8-16-33-62(40-17-9-5-10-18-40,41-19-11-6-12-20-41)42-21-13-7-14-22-42/h5-7,9-14,17-22,25-28,34-37H,3-4,8,15-16,23-24,29-33H2,1-2H3/p+1/t37-/m1/s1. The second-order valence-electron chi connectivity index (χ2n) is 15.8. The monoisotopic (exact) mass is 870 g/mol. The fourth-order valence-electron chi connectivity index (χ4n) is 8.34. The normalized spacial score (nSPS) is 13.5. The second-order valence-corrected chi connectivity index (χ2v) is 19.8. The highest BCUT2D eigenvalue weighted by Gasteiger charge is 2.44. The van der Waals surface area contributed by atoms with Gasteiger partial charge in [-0.15, -0.1) is 0 Å². The SMILES string of the molecule is CCCCC(=O)Nc1ccc(-c2cc(=O)oc3cc(O[C@H](C)C(=O)N4CCN(C(=O)CCCCC[P+](c5ccccc5)(c5ccccc5)c5ccccc5)CC4)ccc23)c(Cl)c1. The van der Waals surface area contributed by atoms with E-state index in [0.29, 0.717) is 72.0 Å². The minimum Gasteiger partial charge on any atom is -0.481 e. The molecule has 1 N–H and O–H groups in total. The predicted molar refractivity (Wildman–Crippen MR) is 253 cm³/mol. The Balaban J connectivity index is 0.911. The minimum atomic E-state index is -1.90. The lowest BCUT2D eigenvalue weighted by Gasteiger charge is -2.36. The molecule has 0 radical (unpaired) electrons. The van der Waals surface area contributed by atoms with Crippen molar-refractivity contribution in [3.05, 3.63) is 149 Å². The summed E-state index contributed by atoms with van der Waals surface area (Å²) >= 11 is 6.67. The molecule has 1 aromatic heterocycles. The summed E-state index contributed by atoms with van der Waals surface area (Å²) in [7, 11) is -1.90. The van der Waals surface area contributed by atoms with Crippen molar-refractivity contribution in [2.45, 2.75) is 64.9 Å². The first-order chi connectivity index (χ1) is 30.2. The Morgan fingerprint density at radius 3 is 1.92 bits per heavy atom. The van der Waals surface area contributed by atoms with Gasteiger partial charge in [0.15, 0.2) is 6.10 Å². The van der Waals surface area contributed by atoms with Crippen LogP contribution < -0.4 is 31.6 Å². The van der Waals surface area contributed by atoms with Crippen molar-refractivity contribution in [1.82, 2.24) is 9.80 Å². The molecule has 1 saturated heterocycles. The van der Waals surface area contributed by atoms with Crippen LogP contribution in [0.5, 0.6) is 5.75 Å². The van der Waals surface area contributed by atoms with Crippen LogP contribution >= 0.6 is 18.9 Å². The van der Waals surface area contributed by atoms with Crippen molar-refractivity contribution in [2.75, 3.05) is 37.7 Å². The molecule has 1 aliphatic heterocycles. The van der Waals surface area contributed by atoms with Crippen LogP contribution in [0.4, 0.5) is 5.69 Å². The number of benzene rings is 5. The molecular weight excluding hydrogens is 817 g/mol. The molecule has 9 nitrogen and oxygen atoms in total. The lowest BCUT2D eigenvalue weighted by atomic mass is 10.0. The van der Waals surface area contributed by atoms with Crippen molar-refractivity contribution in [3.63, 3.8) is 0 Å². The van der Waals surface area contributed by atoms with E-state index in [-0.39, 0.29) is 23.3 Å². The molecule has 1 fully saturated rings. The molecule has 0 aliphatic carbocycles. The summed E-state index contributed by atoms with van der Waals surface area (Å²) in [6, 6.07) is 44.3. The second kappa shape index (κ2) is 20.9. The first-order valence-electron chi connectivity index (χ1n) is 21.6. The van der Waals surface area contributed by atoms with Gasteiger partial charge in [-0.2, -0.15) is 0 Å². The van der Waals surface area contributed by atoms with E-state index in [1.165, 1.54) is 22.0 Å². The van der Waals surface area contributed by atoms with Gasteiger partial charge < -0.3 is 24.3 Å². The zero-order valence-corrected chi connectivity index (χ0v) is 37.1. The first kappa shape index (κ1) is 44.3. The number of carbonyl (C=O) groups excluding carboxylic acids is 3. The largest absolute Gasteiger partial charge is 0.481 e. The van der Waals surface area contributed by atoms with Crippen molar-refractivity contribution in [2.24, 2.45) is 0 Å². The number of carbonyl (C=O) groups is 3. The van der Waals surface area contributed by atoms with Gasteiger partial charge in [0.05, 0.1) is 11.2 Å². The third kappa shape index (κ3) is 10.5. The molecule has 11 heteroatoms.